The fourth-order valence-electron chi connectivity index (χ4n) is 4.12. The third kappa shape index (κ3) is 3.92. The fourth-order valence-corrected chi connectivity index (χ4v) is 4.12. The number of benzene rings is 2. The number of nitrogens with one attached hydrogen (secondary N) is 2. The number of carbonyl (C=O) groups excluding carboxylic acids is 1. The second kappa shape index (κ2) is 8.15. The lowest BCUT2D eigenvalue weighted by Gasteiger charge is -2.22. The highest BCUT2D eigenvalue weighted by Crippen LogP contribution is 2.32. The normalized spacial score (nSPS) is 15.8. The molecule has 1 aliphatic carbocycles. The van der Waals surface area contributed by atoms with Crippen molar-refractivity contribution in [1.29, 1.82) is 0 Å². The zero-order valence-corrected chi connectivity index (χ0v) is 16.7. The molecule has 0 spiro atoms. The van der Waals surface area contributed by atoms with E-state index < -0.39 is 0 Å². The number of aromatic amines is 1. The number of hydrogen-bond acceptors (Lipinski definition) is 3. The van der Waals surface area contributed by atoms with Crippen LogP contribution in [-0.2, 0) is 24.1 Å². The highest BCUT2D eigenvalue weighted by molar-refractivity contribution is 5.87. The van der Waals surface area contributed by atoms with Crippen molar-refractivity contribution in [3.8, 4) is 11.5 Å². The van der Waals surface area contributed by atoms with Gasteiger partial charge in [-0.3, -0.25) is 4.79 Å². The number of methoxy groups -OCH3 is 2. The van der Waals surface area contributed by atoms with Gasteiger partial charge in [0.2, 0.25) is 5.91 Å². The Kier molecular flexibility index (Phi) is 5.43. The third-order valence-corrected chi connectivity index (χ3v) is 5.68. The van der Waals surface area contributed by atoms with Crippen LogP contribution in [0.4, 0.5) is 4.39 Å². The average Bonchev–Trinajstić information content (AvgIpc) is 3.10. The van der Waals surface area contributed by atoms with E-state index in [2.05, 4.69) is 10.3 Å². The van der Waals surface area contributed by atoms with Crippen LogP contribution in [0, 0.1) is 11.7 Å². The number of amides is 1. The molecule has 3 aromatic rings. The Morgan fingerprint density at radius 1 is 1.17 bits per heavy atom. The van der Waals surface area contributed by atoms with Gasteiger partial charge in [0.25, 0.3) is 0 Å². The molecule has 152 valence electrons. The highest BCUT2D eigenvalue weighted by atomic mass is 19.1. The van der Waals surface area contributed by atoms with Gasteiger partial charge < -0.3 is 19.8 Å². The van der Waals surface area contributed by atoms with Gasteiger partial charge in [-0.15, -0.1) is 0 Å². The maximum Gasteiger partial charge on any atom is 0.223 e. The van der Waals surface area contributed by atoms with Gasteiger partial charge in [-0.05, 0) is 67.1 Å². The molecule has 1 atom stereocenters. The molecule has 1 aliphatic rings. The summed E-state index contributed by atoms with van der Waals surface area (Å²) in [4.78, 5) is 16.1. The van der Waals surface area contributed by atoms with E-state index in [0.717, 1.165) is 40.6 Å². The summed E-state index contributed by atoms with van der Waals surface area (Å²) >= 11 is 0. The van der Waals surface area contributed by atoms with Crippen LogP contribution in [0.15, 0.2) is 36.4 Å². The molecule has 1 unspecified atom stereocenters. The predicted molar refractivity (Wildman–Crippen MR) is 110 cm³/mol. The maximum atomic E-state index is 13.7. The molecule has 1 amide bonds. The van der Waals surface area contributed by atoms with Crippen molar-refractivity contribution in [2.75, 3.05) is 20.8 Å². The molecule has 4 rings (SSSR count). The molecule has 29 heavy (non-hydrogen) atoms. The molecule has 0 aliphatic heterocycles. The Hall–Kier alpha value is -3.02. The van der Waals surface area contributed by atoms with Crippen LogP contribution in [-0.4, -0.2) is 31.7 Å². The quantitative estimate of drug-likeness (QED) is 0.666. The Labute approximate surface area is 169 Å². The standard InChI is InChI=1S/C23H25FN2O3/c1-28-21-8-3-14(11-22(21)29-2)9-10-25-23(27)15-4-6-19-17(12-15)18-13-16(24)5-7-20(18)26-19/h3,5,7-8,11,13,15,26H,4,6,9-10,12H2,1-2H3,(H,25,27). The molecule has 0 saturated heterocycles. The van der Waals surface area contributed by atoms with E-state index in [1.165, 1.54) is 6.07 Å². The SMILES string of the molecule is COc1ccc(CCNC(=O)C2CCc3[nH]c4ccc(F)cc4c3C2)cc1OC. The predicted octanol–water partition coefficient (Wildman–Crippen LogP) is 3.79. The molecule has 2 aromatic carbocycles. The summed E-state index contributed by atoms with van der Waals surface area (Å²) in [7, 11) is 3.22. The molecule has 0 radical (unpaired) electrons. The topological polar surface area (TPSA) is 63.3 Å². The number of carbonyl (C=O) groups is 1. The molecule has 5 nitrogen and oxygen atoms in total. The summed E-state index contributed by atoms with van der Waals surface area (Å²) < 4.78 is 24.2. The molecule has 6 heteroatoms. The first kappa shape index (κ1) is 19.3. The van der Waals surface area contributed by atoms with Gasteiger partial charge in [-0.25, -0.2) is 4.39 Å². The Morgan fingerprint density at radius 3 is 2.79 bits per heavy atom. The average molecular weight is 396 g/mol. The fraction of sp³-hybridized carbons (Fsp3) is 0.348. The van der Waals surface area contributed by atoms with Gasteiger partial charge in [-0.2, -0.15) is 0 Å². The molecule has 1 heterocycles. The van der Waals surface area contributed by atoms with Crippen LogP contribution in [0.2, 0.25) is 0 Å². The van der Waals surface area contributed by atoms with Crippen LogP contribution < -0.4 is 14.8 Å². The number of rotatable bonds is 6. The smallest absolute Gasteiger partial charge is 0.223 e. The number of hydrogen-bond donors (Lipinski definition) is 2. The molecular weight excluding hydrogens is 371 g/mol. The minimum Gasteiger partial charge on any atom is -0.493 e. The lowest BCUT2D eigenvalue weighted by molar-refractivity contribution is -0.125. The Morgan fingerprint density at radius 2 is 2.00 bits per heavy atom. The zero-order chi connectivity index (χ0) is 20.4. The largest absolute Gasteiger partial charge is 0.493 e. The lowest BCUT2D eigenvalue weighted by atomic mass is 9.86. The van der Waals surface area contributed by atoms with E-state index in [4.69, 9.17) is 9.47 Å². The van der Waals surface area contributed by atoms with E-state index in [0.29, 0.717) is 30.9 Å². The lowest BCUT2D eigenvalue weighted by Crippen LogP contribution is -2.35. The molecule has 0 saturated carbocycles. The summed E-state index contributed by atoms with van der Waals surface area (Å²) in [6.07, 6.45) is 2.95. The van der Waals surface area contributed by atoms with E-state index in [-0.39, 0.29) is 17.6 Å². The molecule has 0 bridgehead atoms. The summed E-state index contributed by atoms with van der Waals surface area (Å²) in [5.74, 6) is 1.09. The van der Waals surface area contributed by atoms with Crippen molar-refractivity contribution in [1.82, 2.24) is 10.3 Å². The van der Waals surface area contributed by atoms with Gasteiger partial charge in [0.1, 0.15) is 5.82 Å². The highest BCUT2D eigenvalue weighted by Gasteiger charge is 2.27. The first-order valence-electron chi connectivity index (χ1n) is 9.86. The molecular formula is C23H25FN2O3. The second-order valence-corrected chi connectivity index (χ2v) is 7.44. The summed E-state index contributed by atoms with van der Waals surface area (Å²) in [5, 5.41) is 3.95. The van der Waals surface area contributed by atoms with E-state index >= 15 is 0 Å². The third-order valence-electron chi connectivity index (χ3n) is 5.68. The van der Waals surface area contributed by atoms with Gasteiger partial charge in [0.05, 0.1) is 14.2 Å². The van der Waals surface area contributed by atoms with Crippen LogP contribution in [0.25, 0.3) is 10.9 Å². The van der Waals surface area contributed by atoms with Crippen LogP contribution >= 0.6 is 0 Å². The van der Waals surface area contributed by atoms with Crippen molar-refractivity contribution in [3.05, 3.63) is 59.0 Å². The molecule has 1 aromatic heterocycles. The van der Waals surface area contributed by atoms with Crippen molar-refractivity contribution >= 4 is 16.8 Å². The van der Waals surface area contributed by atoms with Gasteiger partial charge in [0.15, 0.2) is 11.5 Å². The number of halogens is 1. The van der Waals surface area contributed by atoms with Crippen LogP contribution in [0.5, 0.6) is 11.5 Å². The summed E-state index contributed by atoms with van der Waals surface area (Å²) in [6.45, 7) is 0.556. The number of aromatic nitrogens is 1. The number of fused-ring (bicyclic) bond motifs is 3. The molecule has 2 N–H and O–H groups in total. The second-order valence-electron chi connectivity index (χ2n) is 7.44. The monoisotopic (exact) mass is 396 g/mol. The van der Waals surface area contributed by atoms with Gasteiger partial charge in [-0.1, -0.05) is 6.07 Å². The summed E-state index contributed by atoms with van der Waals surface area (Å²) in [5.41, 5.74) is 4.21. The van der Waals surface area contributed by atoms with Crippen LogP contribution in [0.1, 0.15) is 23.2 Å². The van der Waals surface area contributed by atoms with Crippen molar-refractivity contribution in [2.24, 2.45) is 5.92 Å². The van der Waals surface area contributed by atoms with E-state index in [1.807, 2.05) is 18.2 Å². The Balaban J connectivity index is 1.38. The first-order valence-corrected chi connectivity index (χ1v) is 9.86. The van der Waals surface area contributed by atoms with Crippen molar-refractivity contribution in [2.45, 2.75) is 25.7 Å². The number of H-pyrrole nitrogens is 1. The molecule has 0 fully saturated rings. The summed E-state index contributed by atoms with van der Waals surface area (Å²) in [6, 6.07) is 10.6. The van der Waals surface area contributed by atoms with Crippen LogP contribution in [0.3, 0.4) is 0 Å². The van der Waals surface area contributed by atoms with Gasteiger partial charge in [0, 0.05) is 29.1 Å². The van der Waals surface area contributed by atoms with Crippen molar-refractivity contribution in [3.63, 3.8) is 0 Å². The minimum atomic E-state index is -0.249. The van der Waals surface area contributed by atoms with E-state index in [9.17, 15) is 9.18 Å². The minimum absolute atomic E-state index is 0.0573. The van der Waals surface area contributed by atoms with Crippen molar-refractivity contribution < 1.29 is 18.7 Å². The zero-order valence-electron chi connectivity index (χ0n) is 16.7. The number of aryl methyl sites for hydroxylation is 1. The Bertz CT molecular complexity index is 1040. The van der Waals surface area contributed by atoms with E-state index in [1.54, 1.807) is 26.4 Å². The first-order chi connectivity index (χ1) is 14.1. The maximum absolute atomic E-state index is 13.7. The number of ether oxygens (including phenoxy) is 2. The van der Waals surface area contributed by atoms with Gasteiger partial charge >= 0.3 is 0 Å².